The van der Waals surface area contributed by atoms with Crippen molar-refractivity contribution in [1.29, 1.82) is 0 Å². The van der Waals surface area contributed by atoms with E-state index in [1.165, 1.54) is 7.11 Å². The number of benzene rings is 2. The molecule has 138 valence electrons. The Kier molecular flexibility index (Phi) is 5.13. The quantitative estimate of drug-likeness (QED) is 0.523. The van der Waals surface area contributed by atoms with Crippen LogP contribution in [0.25, 0.3) is 10.9 Å². The summed E-state index contributed by atoms with van der Waals surface area (Å²) in [7, 11) is 1.54. The number of rotatable bonds is 4. The lowest BCUT2D eigenvalue weighted by Crippen LogP contribution is -2.21. The zero-order valence-corrected chi connectivity index (χ0v) is 16.2. The summed E-state index contributed by atoms with van der Waals surface area (Å²) in [5.41, 5.74) is 1.28. The van der Waals surface area contributed by atoms with Crippen molar-refractivity contribution in [2.75, 3.05) is 18.6 Å². The summed E-state index contributed by atoms with van der Waals surface area (Å²) in [5, 5.41) is 0.765. The number of nitrogens with one attached hydrogen (secondary N) is 1. The lowest BCUT2D eigenvalue weighted by Gasteiger charge is -2.13. The van der Waals surface area contributed by atoms with Crippen LogP contribution in [-0.2, 0) is 0 Å². The van der Waals surface area contributed by atoms with Gasteiger partial charge in [0.25, 0.3) is 5.56 Å². The third-order valence-electron chi connectivity index (χ3n) is 4.26. The van der Waals surface area contributed by atoms with Gasteiger partial charge < -0.3 is 14.5 Å². The molecular formula is C20H17NO4S2. The van der Waals surface area contributed by atoms with Gasteiger partial charge in [-0.1, -0.05) is 24.3 Å². The first-order chi connectivity index (χ1) is 13.2. The van der Waals surface area contributed by atoms with Gasteiger partial charge >= 0.3 is 5.97 Å². The smallest absolute Gasteiger partial charge is 0.349 e. The van der Waals surface area contributed by atoms with E-state index >= 15 is 0 Å². The molecule has 0 radical (unpaired) electrons. The predicted octanol–water partition coefficient (Wildman–Crippen LogP) is 4.23. The molecule has 0 amide bonds. The van der Waals surface area contributed by atoms with Crippen molar-refractivity contribution in [3.8, 4) is 11.5 Å². The van der Waals surface area contributed by atoms with Crippen LogP contribution in [0.3, 0.4) is 0 Å². The SMILES string of the molecule is COc1cc(C2SCCS2)ccc1OC(=O)c1cc2ccccc2[nH]c1=O. The summed E-state index contributed by atoms with van der Waals surface area (Å²) in [6, 6.07) is 14.4. The van der Waals surface area contributed by atoms with Crippen LogP contribution in [0, 0.1) is 0 Å². The number of carbonyl (C=O) groups is 1. The molecule has 0 bridgehead atoms. The topological polar surface area (TPSA) is 68.4 Å². The maximum atomic E-state index is 12.6. The first-order valence-corrected chi connectivity index (χ1v) is 10.5. The molecule has 2 aromatic carbocycles. The highest BCUT2D eigenvalue weighted by molar-refractivity contribution is 8.19. The van der Waals surface area contributed by atoms with E-state index in [-0.39, 0.29) is 5.56 Å². The fourth-order valence-corrected chi connectivity index (χ4v) is 5.76. The Morgan fingerprint density at radius 1 is 1.07 bits per heavy atom. The minimum atomic E-state index is -0.710. The van der Waals surface area contributed by atoms with E-state index in [2.05, 4.69) is 4.98 Å². The van der Waals surface area contributed by atoms with E-state index in [4.69, 9.17) is 9.47 Å². The van der Waals surface area contributed by atoms with Crippen LogP contribution in [0.15, 0.2) is 53.3 Å². The average molecular weight is 399 g/mol. The number of methoxy groups -OCH3 is 1. The number of para-hydroxylation sites is 1. The van der Waals surface area contributed by atoms with Crippen molar-refractivity contribution in [3.05, 3.63) is 70.0 Å². The summed E-state index contributed by atoms with van der Waals surface area (Å²) < 4.78 is 11.2. The normalized spacial score (nSPS) is 14.4. The summed E-state index contributed by atoms with van der Waals surface area (Å²) >= 11 is 3.78. The molecule has 1 aliphatic rings. The fourth-order valence-electron chi connectivity index (χ4n) is 2.92. The standard InChI is InChI=1S/C20H17NO4S2/c1-24-17-11-13(20-26-8-9-27-20)6-7-16(17)25-19(23)14-10-12-4-2-3-5-15(12)21-18(14)22/h2-7,10-11,20H,8-9H2,1H3,(H,21,22). The van der Waals surface area contributed by atoms with Gasteiger partial charge in [0, 0.05) is 17.0 Å². The van der Waals surface area contributed by atoms with Crippen molar-refractivity contribution < 1.29 is 14.3 Å². The lowest BCUT2D eigenvalue weighted by atomic mass is 10.1. The van der Waals surface area contributed by atoms with Gasteiger partial charge in [-0.15, -0.1) is 23.5 Å². The maximum Gasteiger partial charge on any atom is 0.349 e. The maximum absolute atomic E-state index is 12.6. The predicted molar refractivity (Wildman–Crippen MR) is 110 cm³/mol. The molecule has 27 heavy (non-hydrogen) atoms. The van der Waals surface area contributed by atoms with Gasteiger partial charge in [0.15, 0.2) is 11.5 Å². The van der Waals surface area contributed by atoms with Crippen molar-refractivity contribution >= 4 is 40.4 Å². The summed E-state index contributed by atoms with van der Waals surface area (Å²) in [4.78, 5) is 27.5. The second-order valence-corrected chi connectivity index (χ2v) is 8.70. The Morgan fingerprint density at radius 3 is 2.63 bits per heavy atom. The number of hydrogen-bond donors (Lipinski definition) is 1. The Hall–Kier alpha value is -2.38. The molecule has 1 fully saturated rings. The van der Waals surface area contributed by atoms with E-state index in [0.29, 0.717) is 21.6 Å². The second kappa shape index (κ2) is 7.70. The number of pyridine rings is 1. The molecule has 2 heterocycles. The van der Waals surface area contributed by atoms with E-state index in [9.17, 15) is 9.59 Å². The van der Waals surface area contributed by atoms with E-state index < -0.39 is 11.5 Å². The number of fused-ring (bicyclic) bond motifs is 1. The third kappa shape index (κ3) is 3.70. The second-order valence-electron chi connectivity index (χ2n) is 5.97. The Morgan fingerprint density at radius 2 is 1.85 bits per heavy atom. The van der Waals surface area contributed by atoms with Gasteiger partial charge in [-0.05, 0) is 35.2 Å². The van der Waals surface area contributed by atoms with Gasteiger partial charge in [-0.3, -0.25) is 4.79 Å². The number of aromatic nitrogens is 1. The molecule has 3 aromatic rings. The highest BCUT2D eigenvalue weighted by Gasteiger charge is 2.21. The van der Waals surface area contributed by atoms with Crippen molar-refractivity contribution in [1.82, 2.24) is 4.98 Å². The molecule has 0 aliphatic carbocycles. The van der Waals surface area contributed by atoms with Crippen LogP contribution in [-0.4, -0.2) is 29.6 Å². The molecule has 1 saturated heterocycles. The highest BCUT2D eigenvalue weighted by Crippen LogP contribution is 2.46. The molecule has 7 heteroatoms. The molecule has 4 rings (SSSR count). The van der Waals surface area contributed by atoms with Gasteiger partial charge in [-0.25, -0.2) is 4.79 Å². The summed E-state index contributed by atoms with van der Waals surface area (Å²) in [6.07, 6.45) is 0. The number of carbonyl (C=O) groups excluding carboxylic acids is 1. The summed E-state index contributed by atoms with van der Waals surface area (Å²) in [5.74, 6) is 2.31. The molecule has 0 unspecified atom stereocenters. The number of H-pyrrole nitrogens is 1. The first-order valence-electron chi connectivity index (χ1n) is 8.41. The zero-order valence-electron chi connectivity index (χ0n) is 14.6. The number of hydrogen-bond acceptors (Lipinski definition) is 6. The molecule has 1 aliphatic heterocycles. The molecule has 0 spiro atoms. The lowest BCUT2D eigenvalue weighted by molar-refractivity contribution is 0.0728. The third-order valence-corrected chi connectivity index (χ3v) is 7.36. The van der Waals surface area contributed by atoms with Gasteiger partial charge in [0.1, 0.15) is 5.56 Å². The van der Waals surface area contributed by atoms with Crippen LogP contribution in [0.1, 0.15) is 20.5 Å². The summed E-state index contributed by atoms with van der Waals surface area (Å²) in [6.45, 7) is 0. The minimum Gasteiger partial charge on any atom is -0.493 e. The van der Waals surface area contributed by atoms with Crippen LogP contribution in [0.2, 0.25) is 0 Å². The number of esters is 1. The van der Waals surface area contributed by atoms with Crippen LogP contribution in [0.4, 0.5) is 0 Å². The largest absolute Gasteiger partial charge is 0.493 e. The molecule has 0 saturated carbocycles. The Labute approximate surface area is 164 Å². The zero-order chi connectivity index (χ0) is 18.8. The fraction of sp³-hybridized carbons (Fsp3) is 0.200. The first kappa shape index (κ1) is 18.0. The van der Waals surface area contributed by atoms with E-state index in [1.54, 1.807) is 18.2 Å². The Bertz CT molecular complexity index is 1060. The van der Waals surface area contributed by atoms with Crippen LogP contribution in [0.5, 0.6) is 11.5 Å². The Balaban J connectivity index is 1.62. The number of aromatic amines is 1. The average Bonchev–Trinajstić information content (AvgIpc) is 3.22. The highest BCUT2D eigenvalue weighted by atomic mass is 32.2. The van der Waals surface area contributed by atoms with Gasteiger partial charge in [-0.2, -0.15) is 0 Å². The number of ether oxygens (including phenoxy) is 2. The monoisotopic (exact) mass is 399 g/mol. The van der Waals surface area contributed by atoms with Crippen molar-refractivity contribution in [3.63, 3.8) is 0 Å². The van der Waals surface area contributed by atoms with Crippen LogP contribution >= 0.6 is 23.5 Å². The van der Waals surface area contributed by atoms with Crippen molar-refractivity contribution in [2.24, 2.45) is 0 Å². The van der Waals surface area contributed by atoms with Crippen LogP contribution < -0.4 is 15.0 Å². The molecule has 0 atom stereocenters. The van der Waals surface area contributed by atoms with Gasteiger partial charge in [0.05, 0.1) is 11.7 Å². The van der Waals surface area contributed by atoms with Gasteiger partial charge in [0.2, 0.25) is 0 Å². The molecule has 1 N–H and O–H groups in total. The molecule has 1 aromatic heterocycles. The molecular weight excluding hydrogens is 382 g/mol. The van der Waals surface area contributed by atoms with E-state index in [1.807, 2.05) is 53.9 Å². The molecule has 5 nitrogen and oxygen atoms in total. The number of thioether (sulfide) groups is 2. The van der Waals surface area contributed by atoms with E-state index in [0.717, 1.165) is 22.5 Å². The van der Waals surface area contributed by atoms with Crippen molar-refractivity contribution in [2.45, 2.75) is 4.58 Å². The minimum absolute atomic E-state index is 0.0401.